The summed E-state index contributed by atoms with van der Waals surface area (Å²) in [7, 11) is 0. The molecule has 0 radical (unpaired) electrons. The molecule has 1 heterocycles. The van der Waals surface area contributed by atoms with Gasteiger partial charge in [0.25, 0.3) is 0 Å². The molecular formula is C16H33N3O3. The summed E-state index contributed by atoms with van der Waals surface area (Å²) in [5.41, 5.74) is -0.00213. The molecule has 0 aromatic rings. The van der Waals surface area contributed by atoms with Crippen LogP contribution in [0, 0.1) is 5.41 Å². The minimum absolute atomic E-state index is 0.00213. The Labute approximate surface area is 134 Å². The van der Waals surface area contributed by atoms with Gasteiger partial charge in [-0.3, -0.25) is 4.99 Å². The quantitative estimate of drug-likeness (QED) is 0.320. The maximum absolute atomic E-state index is 9.26. The molecule has 0 amide bonds. The number of aliphatic hydroxyl groups excluding tert-OH is 1. The zero-order valence-electron chi connectivity index (χ0n) is 14.4. The third-order valence-corrected chi connectivity index (χ3v) is 3.81. The van der Waals surface area contributed by atoms with Gasteiger partial charge in [-0.15, -0.1) is 0 Å². The Balaban J connectivity index is 2.40. The van der Waals surface area contributed by atoms with Crippen LogP contribution in [-0.4, -0.2) is 63.2 Å². The van der Waals surface area contributed by atoms with Gasteiger partial charge in [-0.1, -0.05) is 0 Å². The maximum atomic E-state index is 9.26. The van der Waals surface area contributed by atoms with E-state index in [1.807, 2.05) is 13.8 Å². The van der Waals surface area contributed by atoms with E-state index in [1.54, 1.807) is 0 Å². The highest BCUT2D eigenvalue weighted by Crippen LogP contribution is 2.32. The van der Waals surface area contributed by atoms with Crippen molar-refractivity contribution in [1.29, 1.82) is 0 Å². The van der Waals surface area contributed by atoms with Gasteiger partial charge in [0, 0.05) is 38.3 Å². The van der Waals surface area contributed by atoms with Crippen molar-refractivity contribution in [2.45, 2.75) is 46.1 Å². The Morgan fingerprint density at radius 3 is 2.82 bits per heavy atom. The number of hydrogen-bond donors (Lipinski definition) is 3. The summed E-state index contributed by atoms with van der Waals surface area (Å²) in [6.07, 6.45) is 2.95. The van der Waals surface area contributed by atoms with Crippen LogP contribution in [0.15, 0.2) is 4.99 Å². The van der Waals surface area contributed by atoms with E-state index >= 15 is 0 Å². The highest BCUT2D eigenvalue weighted by molar-refractivity contribution is 5.79. The Morgan fingerprint density at radius 1 is 1.41 bits per heavy atom. The number of ether oxygens (including phenoxy) is 2. The molecule has 1 aliphatic rings. The first kappa shape index (κ1) is 19.2. The lowest BCUT2D eigenvalue weighted by Crippen LogP contribution is -2.39. The van der Waals surface area contributed by atoms with Crippen LogP contribution in [-0.2, 0) is 9.47 Å². The van der Waals surface area contributed by atoms with Gasteiger partial charge in [-0.05, 0) is 40.0 Å². The Bertz CT molecular complexity index is 316. The van der Waals surface area contributed by atoms with E-state index in [1.165, 1.54) is 0 Å². The molecule has 0 aromatic carbocycles. The molecule has 1 rings (SSSR count). The fourth-order valence-corrected chi connectivity index (χ4v) is 2.47. The molecule has 1 saturated heterocycles. The molecule has 1 unspecified atom stereocenters. The number of nitrogens with one attached hydrogen (secondary N) is 2. The number of hydrogen-bond acceptors (Lipinski definition) is 4. The van der Waals surface area contributed by atoms with Crippen molar-refractivity contribution in [3.8, 4) is 0 Å². The zero-order chi connectivity index (χ0) is 16.3. The topological polar surface area (TPSA) is 75.1 Å². The second kappa shape index (κ2) is 10.8. The van der Waals surface area contributed by atoms with Crippen molar-refractivity contribution in [2.24, 2.45) is 10.4 Å². The molecule has 1 fully saturated rings. The maximum Gasteiger partial charge on any atom is 0.191 e. The standard InChI is InChI=1S/C16H33N3O3/c1-4-17-15(18-8-5-10-22-14(2)3)19-12-16(6-9-20)7-11-21-13-16/h14,20H,4-13H2,1-3H3,(H2,17,18,19). The largest absolute Gasteiger partial charge is 0.396 e. The molecule has 0 bridgehead atoms. The lowest BCUT2D eigenvalue weighted by Gasteiger charge is -2.24. The van der Waals surface area contributed by atoms with Gasteiger partial charge in [-0.25, -0.2) is 0 Å². The van der Waals surface area contributed by atoms with E-state index in [4.69, 9.17) is 9.47 Å². The van der Waals surface area contributed by atoms with Crippen LogP contribution in [0.25, 0.3) is 0 Å². The number of aliphatic imine (C=N–C) groups is 1. The molecule has 0 saturated carbocycles. The smallest absolute Gasteiger partial charge is 0.191 e. The summed E-state index contributed by atoms with van der Waals surface area (Å²) in [4.78, 5) is 4.68. The monoisotopic (exact) mass is 315 g/mol. The van der Waals surface area contributed by atoms with Gasteiger partial charge in [0.1, 0.15) is 0 Å². The highest BCUT2D eigenvalue weighted by atomic mass is 16.5. The molecule has 1 aliphatic heterocycles. The predicted octanol–water partition coefficient (Wildman–Crippen LogP) is 1.15. The second-order valence-corrected chi connectivity index (χ2v) is 6.17. The van der Waals surface area contributed by atoms with Crippen molar-refractivity contribution in [3.05, 3.63) is 0 Å². The van der Waals surface area contributed by atoms with E-state index in [9.17, 15) is 5.11 Å². The van der Waals surface area contributed by atoms with E-state index in [2.05, 4.69) is 22.5 Å². The summed E-state index contributed by atoms with van der Waals surface area (Å²) in [6, 6.07) is 0. The van der Waals surface area contributed by atoms with Gasteiger partial charge < -0.3 is 25.2 Å². The molecular weight excluding hydrogens is 282 g/mol. The molecule has 22 heavy (non-hydrogen) atoms. The van der Waals surface area contributed by atoms with Gasteiger partial charge in [0.15, 0.2) is 5.96 Å². The molecule has 3 N–H and O–H groups in total. The van der Waals surface area contributed by atoms with Crippen LogP contribution in [0.3, 0.4) is 0 Å². The first-order chi connectivity index (χ1) is 10.6. The van der Waals surface area contributed by atoms with E-state index in [0.29, 0.717) is 13.2 Å². The van der Waals surface area contributed by atoms with Crippen molar-refractivity contribution in [2.75, 3.05) is 46.1 Å². The summed E-state index contributed by atoms with van der Waals surface area (Å²) in [6.45, 7) is 10.9. The lowest BCUT2D eigenvalue weighted by atomic mass is 9.84. The first-order valence-corrected chi connectivity index (χ1v) is 8.44. The van der Waals surface area contributed by atoms with Gasteiger partial charge >= 0.3 is 0 Å². The van der Waals surface area contributed by atoms with Crippen molar-refractivity contribution in [1.82, 2.24) is 10.6 Å². The van der Waals surface area contributed by atoms with Crippen LogP contribution in [0.5, 0.6) is 0 Å². The minimum Gasteiger partial charge on any atom is -0.396 e. The van der Waals surface area contributed by atoms with Gasteiger partial charge in [0.05, 0.1) is 19.3 Å². The van der Waals surface area contributed by atoms with Crippen LogP contribution in [0.4, 0.5) is 0 Å². The van der Waals surface area contributed by atoms with Crippen LogP contribution in [0.2, 0.25) is 0 Å². The lowest BCUT2D eigenvalue weighted by molar-refractivity contribution is 0.0776. The normalized spacial score (nSPS) is 22.3. The van der Waals surface area contributed by atoms with Crippen LogP contribution >= 0.6 is 0 Å². The average Bonchev–Trinajstić information content (AvgIpc) is 2.93. The fraction of sp³-hybridized carbons (Fsp3) is 0.938. The number of rotatable bonds is 10. The van der Waals surface area contributed by atoms with Crippen LogP contribution in [0.1, 0.15) is 40.0 Å². The minimum atomic E-state index is -0.00213. The molecule has 6 heteroatoms. The van der Waals surface area contributed by atoms with Crippen molar-refractivity contribution >= 4 is 5.96 Å². The number of aliphatic hydroxyl groups is 1. The summed E-state index contributed by atoms with van der Waals surface area (Å²) >= 11 is 0. The second-order valence-electron chi connectivity index (χ2n) is 6.17. The first-order valence-electron chi connectivity index (χ1n) is 8.44. The molecule has 1 atom stereocenters. The highest BCUT2D eigenvalue weighted by Gasteiger charge is 2.34. The summed E-state index contributed by atoms with van der Waals surface area (Å²) < 4.78 is 11.0. The van der Waals surface area contributed by atoms with Crippen molar-refractivity contribution in [3.63, 3.8) is 0 Å². The van der Waals surface area contributed by atoms with Crippen molar-refractivity contribution < 1.29 is 14.6 Å². The SMILES string of the molecule is CCNC(=NCC1(CCO)CCOC1)NCCCOC(C)C. The third-order valence-electron chi connectivity index (χ3n) is 3.81. The van der Waals surface area contributed by atoms with E-state index in [0.717, 1.165) is 51.5 Å². The zero-order valence-corrected chi connectivity index (χ0v) is 14.4. The Morgan fingerprint density at radius 2 is 2.23 bits per heavy atom. The fourth-order valence-electron chi connectivity index (χ4n) is 2.47. The molecule has 130 valence electrons. The van der Waals surface area contributed by atoms with E-state index < -0.39 is 0 Å². The van der Waals surface area contributed by atoms with Crippen LogP contribution < -0.4 is 10.6 Å². The van der Waals surface area contributed by atoms with E-state index in [-0.39, 0.29) is 18.1 Å². The van der Waals surface area contributed by atoms with Gasteiger partial charge in [0.2, 0.25) is 0 Å². The third kappa shape index (κ3) is 7.42. The average molecular weight is 315 g/mol. The summed E-state index contributed by atoms with van der Waals surface area (Å²) in [5.74, 6) is 0.830. The number of guanidine groups is 1. The molecule has 0 aromatic heterocycles. The Hall–Kier alpha value is -0.850. The number of nitrogens with zero attached hydrogens (tertiary/aromatic N) is 1. The molecule has 6 nitrogen and oxygen atoms in total. The molecule has 0 spiro atoms. The van der Waals surface area contributed by atoms with Gasteiger partial charge in [-0.2, -0.15) is 0 Å². The molecule has 0 aliphatic carbocycles. The Kier molecular flexibility index (Phi) is 9.43. The summed E-state index contributed by atoms with van der Waals surface area (Å²) in [5, 5.41) is 15.9. The predicted molar refractivity (Wildman–Crippen MR) is 89.3 cm³/mol.